The van der Waals surface area contributed by atoms with E-state index in [4.69, 9.17) is 4.74 Å². The molecule has 2 aromatic rings. The summed E-state index contributed by atoms with van der Waals surface area (Å²) in [6.45, 7) is 7.47. The highest BCUT2D eigenvalue weighted by molar-refractivity contribution is 6.04. The smallest absolute Gasteiger partial charge is 0.250 e. The molecule has 2 bridgehead atoms. The average molecular weight is 506 g/mol. The van der Waals surface area contributed by atoms with Crippen LogP contribution in [0.1, 0.15) is 43.4 Å². The number of fused-ring (bicyclic) bond motifs is 1. The number of anilines is 1. The molecular formula is C29H35N3O5. The lowest BCUT2D eigenvalue weighted by atomic mass is 9.66. The number of likely N-dealkylation sites (tertiary alicyclic amines) is 1. The van der Waals surface area contributed by atoms with Crippen LogP contribution in [0, 0.1) is 25.7 Å². The second kappa shape index (κ2) is 9.26. The summed E-state index contributed by atoms with van der Waals surface area (Å²) < 4.78 is 6.62. The first kappa shape index (κ1) is 25.4. The van der Waals surface area contributed by atoms with E-state index in [0.717, 1.165) is 16.7 Å². The monoisotopic (exact) mass is 505 g/mol. The minimum Gasteiger partial charge on any atom is -0.394 e. The second-order valence-electron chi connectivity index (χ2n) is 11.0. The third-order valence-corrected chi connectivity index (χ3v) is 8.52. The van der Waals surface area contributed by atoms with Crippen LogP contribution in [0.4, 0.5) is 5.69 Å². The number of rotatable bonds is 7. The van der Waals surface area contributed by atoms with Crippen LogP contribution in [-0.4, -0.2) is 57.6 Å². The summed E-state index contributed by atoms with van der Waals surface area (Å²) in [5.41, 5.74) is 1.49. The van der Waals surface area contributed by atoms with Crippen LogP contribution in [0.25, 0.3) is 0 Å². The van der Waals surface area contributed by atoms with E-state index in [1.54, 1.807) is 6.92 Å². The van der Waals surface area contributed by atoms with Gasteiger partial charge in [0.15, 0.2) is 0 Å². The third kappa shape index (κ3) is 3.94. The van der Waals surface area contributed by atoms with Crippen molar-refractivity contribution in [3.8, 4) is 0 Å². The van der Waals surface area contributed by atoms with Gasteiger partial charge in [-0.3, -0.25) is 14.4 Å². The van der Waals surface area contributed by atoms with Gasteiger partial charge in [-0.25, -0.2) is 0 Å². The minimum absolute atomic E-state index is 0.251. The normalized spacial score (nSPS) is 30.8. The highest BCUT2D eigenvalue weighted by atomic mass is 16.5. The van der Waals surface area contributed by atoms with Gasteiger partial charge in [-0.1, -0.05) is 48.5 Å². The average Bonchev–Trinajstić information content (AvgIpc) is 3.45. The summed E-state index contributed by atoms with van der Waals surface area (Å²) >= 11 is 0. The SMILES string of the molecule is Cc1cccc(C)c1NC(=O)C1N([C@H](C)CO)C(=O)[C@@H]2[C@@H](C(=O)NCc3ccccc3)[C@@]3(C)CCC12O3. The molecule has 3 aliphatic rings. The highest BCUT2D eigenvalue weighted by Gasteiger charge is 2.78. The number of nitrogens with zero attached hydrogens (tertiary/aromatic N) is 1. The molecule has 1 spiro atoms. The van der Waals surface area contributed by atoms with Gasteiger partial charge >= 0.3 is 0 Å². The largest absolute Gasteiger partial charge is 0.394 e. The van der Waals surface area contributed by atoms with Crippen molar-refractivity contribution in [2.75, 3.05) is 11.9 Å². The molecule has 3 saturated heterocycles. The second-order valence-corrected chi connectivity index (χ2v) is 11.0. The molecule has 5 rings (SSSR count). The van der Waals surface area contributed by atoms with Crippen molar-refractivity contribution in [3.05, 3.63) is 65.2 Å². The number of carbonyl (C=O) groups excluding carboxylic acids is 3. The number of hydrogen-bond donors (Lipinski definition) is 3. The van der Waals surface area contributed by atoms with Gasteiger partial charge in [0.2, 0.25) is 17.7 Å². The number of aliphatic hydroxyl groups excluding tert-OH is 1. The maximum absolute atomic E-state index is 14.0. The van der Waals surface area contributed by atoms with E-state index >= 15 is 0 Å². The molecule has 2 aromatic carbocycles. The van der Waals surface area contributed by atoms with Crippen molar-refractivity contribution in [2.45, 2.75) is 70.4 Å². The molecule has 8 nitrogen and oxygen atoms in total. The Morgan fingerprint density at radius 1 is 1.08 bits per heavy atom. The van der Waals surface area contributed by atoms with Crippen molar-refractivity contribution >= 4 is 23.4 Å². The van der Waals surface area contributed by atoms with Crippen LogP contribution in [0.3, 0.4) is 0 Å². The van der Waals surface area contributed by atoms with E-state index in [9.17, 15) is 19.5 Å². The number of benzene rings is 2. The molecule has 3 heterocycles. The maximum atomic E-state index is 14.0. The van der Waals surface area contributed by atoms with Crippen LogP contribution in [0.15, 0.2) is 48.5 Å². The minimum atomic E-state index is -1.13. The first-order chi connectivity index (χ1) is 17.6. The molecule has 196 valence electrons. The zero-order valence-electron chi connectivity index (χ0n) is 21.8. The van der Waals surface area contributed by atoms with Crippen molar-refractivity contribution in [3.63, 3.8) is 0 Å². The molecule has 37 heavy (non-hydrogen) atoms. The van der Waals surface area contributed by atoms with Crippen LogP contribution in [-0.2, 0) is 25.7 Å². The zero-order valence-corrected chi connectivity index (χ0v) is 21.8. The standard InChI is InChI=1S/C29H35N3O5/c1-17-9-8-10-18(2)23(17)31-26(35)24-29-14-13-28(4,37-29)21(22(29)27(36)32(24)19(3)16-33)25(34)30-15-20-11-6-5-7-12-20/h5-12,19,21-22,24,33H,13-16H2,1-4H3,(H,30,34)(H,31,35)/t19-,21+,22+,24?,28-,29?/m1/s1. The van der Waals surface area contributed by atoms with E-state index in [2.05, 4.69) is 10.6 Å². The fourth-order valence-corrected chi connectivity index (χ4v) is 6.72. The lowest BCUT2D eigenvalue weighted by molar-refractivity contribution is -0.147. The van der Waals surface area contributed by atoms with E-state index < -0.39 is 35.1 Å². The molecule has 0 aromatic heterocycles. The predicted octanol–water partition coefficient (Wildman–Crippen LogP) is 2.70. The summed E-state index contributed by atoms with van der Waals surface area (Å²) in [5.74, 6) is -2.46. The first-order valence-corrected chi connectivity index (χ1v) is 12.9. The van der Waals surface area contributed by atoms with Gasteiger partial charge in [0.1, 0.15) is 11.6 Å². The molecule has 0 saturated carbocycles. The van der Waals surface area contributed by atoms with Crippen molar-refractivity contribution in [2.24, 2.45) is 11.8 Å². The Bertz CT molecular complexity index is 1210. The molecule has 3 amide bonds. The van der Waals surface area contributed by atoms with Gasteiger partial charge < -0.3 is 25.4 Å². The number of aliphatic hydroxyl groups is 1. The molecule has 3 N–H and O–H groups in total. The molecule has 2 unspecified atom stereocenters. The van der Waals surface area contributed by atoms with Gasteiger partial charge in [-0.15, -0.1) is 0 Å². The Balaban J connectivity index is 1.49. The Morgan fingerprint density at radius 2 is 1.76 bits per heavy atom. The molecular weight excluding hydrogens is 470 g/mol. The number of hydrogen-bond acceptors (Lipinski definition) is 5. The highest BCUT2D eigenvalue weighted by Crippen LogP contribution is 2.63. The van der Waals surface area contributed by atoms with Gasteiger partial charge in [0.25, 0.3) is 0 Å². The number of carbonyl (C=O) groups is 3. The lowest BCUT2D eigenvalue weighted by Gasteiger charge is -2.36. The quantitative estimate of drug-likeness (QED) is 0.536. The van der Waals surface area contributed by atoms with E-state index in [0.29, 0.717) is 25.1 Å². The summed E-state index contributed by atoms with van der Waals surface area (Å²) in [6.07, 6.45) is 1.05. The van der Waals surface area contributed by atoms with Gasteiger partial charge in [0, 0.05) is 12.2 Å². The lowest BCUT2D eigenvalue weighted by Crippen LogP contribution is -2.56. The van der Waals surface area contributed by atoms with Crippen LogP contribution in [0.5, 0.6) is 0 Å². The topological polar surface area (TPSA) is 108 Å². The van der Waals surface area contributed by atoms with Crippen molar-refractivity contribution < 1.29 is 24.2 Å². The van der Waals surface area contributed by atoms with E-state index in [1.807, 2.05) is 69.3 Å². The van der Waals surface area contributed by atoms with Gasteiger partial charge in [-0.05, 0) is 57.2 Å². The molecule has 0 radical (unpaired) electrons. The van der Waals surface area contributed by atoms with Crippen molar-refractivity contribution in [1.29, 1.82) is 0 Å². The molecule has 0 aliphatic carbocycles. The van der Waals surface area contributed by atoms with Crippen LogP contribution >= 0.6 is 0 Å². The Labute approximate surface area is 217 Å². The summed E-state index contributed by atoms with van der Waals surface area (Å²) in [6, 6.07) is 13.8. The third-order valence-electron chi connectivity index (χ3n) is 8.52. The van der Waals surface area contributed by atoms with Gasteiger partial charge in [0.05, 0.1) is 30.1 Å². The molecule has 3 fully saturated rings. The van der Waals surface area contributed by atoms with Crippen molar-refractivity contribution in [1.82, 2.24) is 10.2 Å². The number of aryl methyl sites for hydroxylation is 2. The van der Waals surface area contributed by atoms with E-state index in [1.165, 1.54) is 4.90 Å². The van der Waals surface area contributed by atoms with Gasteiger partial charge in [-0.2, -0.15) is 0 Å². The number of ether oxygens (including phenoxy) is 1. The zero-order chi connectivity index (χ0) is 26.5. The number of para-hydroxylation sites is 1. The van der Waals surface area contributed by atoms with Crippen LogP contribution in [0.2, 0.25) is 0 Å². The molecule has 6 atom stereocenters. The fourth-order valence-electron chi connectivity index (χ4n) is 6.72. The van der Waals surface area contributed by atoms with E-state index in [-0.39, 0.29) is 24.3 Å². The maximum Gasteiger partial charge on any atom is 0.250 e. The van der Waals surface area contributed by atoms with Crippen LogP contribution < -0.4 is 10.6 Å². The summed E-state index contributed by atoms with van der Waals surface area (Å²) in [7, 11) is 0. The Morgan fingerprint density at radius 3 is 2.41 bits per heavy atom. The predicted molar refractivity (Wildman–Crippen MR) is 138 cm³/mol. The summed E-state index contributed by atoms with van der Waals surface area (Å²) in [5, 5.41) is 16.1. The number of nitrogens with one attached hydrogen (secondary N) is 2. The Hall–Kier alpha value is -3.23. The fraction of sp³-hybridized carbons (Fsp3) is 0.483. The summed E-state index contributed by atoms with van der Waals surface area (Å²) in [4.78, 5) is 43.0. The molecule has 8 heteroatoms. The molecule has 3 aliphatic heterocycles. The Kier molecular flexibility index (Phi) is 6.36. The number of amides is 3. The first-order valence-electron chi connectivity index (χ1n) is 12.9.